The molecule has 0 bridgehead atoms. The first kappa shape index (κ1) is 22.0. The quantitative estimate of drug-likeness (QED) is 0.489. The van der Waals surface area contributed by atoms with Gasteiger partial charge < -0.3 is 5.32 Å². The fraction of sp³-hybridized carbons (Fsp3) is 0.0909. The summed E-state index contributed by atoms with van der Waals surface area (Å²) >= 11 is 13.7. The number of nitrogens with one attached hydrogen (secondary N) is 2. The van der Waals surface area contributed by atoms with E-state index in [1.54, 1.807) is 49.4 Å². The molecular formula is C22H16Cl2N4O3S. The Morgan fingerprint density at radius 3 is 2.41 bits per heavy atom. The van der Waals surface area contributed by atoms with Crippen LogP contribution in [0.15, 0.2) is 58.6 Å². The van der Waals surface area contributed by atoms with Crippen molar-refractivity contribution in [3.63, 3.8) is 0 Å². The molecule has 4 rings (SSSR count). The van der Waals surface area contributed by atoms with Gasteiger partial charge in [0.2, 0.25) is 0 Å². The van der Waals surface area contributed by atoms with E-state index in [1.807, 2.05) is 12.3 Å². The summed E-state index contributed by atoms with van der Waals surface area (Å²) in [4.78, 5) is 43.2. The number of carbonyl (C=O) groups is 3. The number of rotatable bonds is 5. The third-order valence-corrected chi connectivity index (χ3v) is 6.40. The summed E-state index contributed by atoms with van der Waals surface area (Å²) in [7, 11) is 0. The average molecular weight is 487 g/mol. The number of thiazole rings is 1. The number of hydrogen-bond acceptors (Lipinski definition) is 6. The first-order chi connectivity index (χ1) is 15.3. The molecule has 162 valence electrons. The van der Waals surface area contributed by atoms with Crippen molar-refractivity contribution in [2.75, 3.05) is 15.5 Å². The number of benzene rings is 2. The third kappa shape index (κ3) is 4.12. The van der Waals surface area contributed by atoms with Gasteiger partial charge in [0, 0.05) is 21.7 Å². The van der Waals surface area contributed by atoms with E-state index >= 15 is 0 Å². The van der Waals surface area contributed by atoms with Gasteiger partial charge >= 0.3 is 0 Å². The molecule has 0 atom stereocenters. The van der Waals surface area contributed by atoms with E-state index < -0.39 is 11.8 Å². The Morgan fingerprint density at radius 2 is 1.75 bits per heavy atom. The third-order valence-electron chi connectivity index (χ3n) is 4.76. The van der Waals surface area contributed by atoms with Crippen molar-refractivity contribution in [1.29, 1.82) is 0 Å². The lowest BCUT2D eigenvalue weighted by atomic mass is 10.2. The van der Waals surface area contributed by atoms with Gasteiger partial charge in [0.25, 0.3) is 17.7 Å². The van der Waals surface area contributed by atoms with Crippen molar-refractivity contribution in [3.05, 3.63) is 80.4 Å². The molecule has 3 aromatic rings. The molecule has 2 heterocycles. The molecule has 0 aliphatic carbocycles. The number of hydrogen-bond donors (Lipinski definition) is 2. The summed E-state index contributed by atoms with van der Waals surface area (Å²) in [6.07, 6.45) is 0. The minimum Gasteiger partial charge on any atom is -0.350 e. The molecule has 7 nitrogen and oxygen atoms in total. The van der Waals surface area contributed by atoms with Crippen LogP contribution < -0.4 is 15.5 Å². The van der Waals surface area contributed by atoms with Crippen LogP contribution in [-0.2, 0) is 9.59 Å². The van der Waals surface area contributed by atoms with Gasteiger partial charge in [0.1, 0.15) is 10.7 Å². The Labute approximate surface area is 197 Å². The Hall–Kier alpha value is -3.20. The number of aryl methyl sites for hydroxylation is 1. The number of halogens is 2. The molecule has 1 aliphatic rings. The zero-order valence-electron chi connectivity index (χ0n) is 16.9. The molecule has 1 aromatic heterocycles. The van der Waals surface area contributed by atoms with E-state index in [9.17, 15) is 14.4 Å². The molecule has 0 saturated carbocycles. The number of aromatic nitrogens is 1. The second-order valence-corrected chi connectivity index (χ2v) is 8.61. The van der Waals surface area contributed by atoms with Crippen LogP contribution >= 0.6 is 34.5 Å². The summed E-state index contributed by atoms with van der Waals surface area (Å²) in [5.74, 6) is -1.54. The lowest BCUT2D eigenvalue weighted by Gasteiger charge is -2.18. The van der Waals surface area contributed by atoms with Crippen LogP contribution in [0.4, 0.5) is 16.5 Å². The van der Waals surface area contributed by atoms with Crippen LogP contribution in [0.2, 0.25) is 5.02 Å². The number of imide groups is 1. The van der Waals surface area contributed by atoms with Crippen molar-refractivity contribution < 1.29 is 14.4 Å². The highest BCUT2D eigenvalue weighted by atomic mass is 35.5. The normalized spacial score (nSPS) is 13.7. The highest BCUT2D eigenvalue weighted by Gasteiger charge is 2.39. The first-order valence-electron chi connectivity index (χ1n) is 9.40. The van der Waals surface area contributed by atoms with Gasteiger partial charge in [0.05, 0.1) is 11.4 Å². The standard InChI is InChI=1S/C22H16Cl2N4O3S/c1-11-10-32-22(25-11)27-19(29)13-6-8-14(9-7-13)26-18-17(24)20(30)28(21(18)31)16-5-3-4-15(23)12(16)2/h3-10,26H,1-2H3,(H,25,27,29). The maximum atomic E-state index is 13.0. The molecule has 0 fully saturated rings. The second-order valence-electron chi connectivity index (χ2n) is 6.97. The van der Waals surface area contributed by atoms with E-state index in [4.69, 9.17) is 23.2 Å². The van der Waals surface area contributed by atoms with E-state index in [-0.39, 0.29) is 16.6 Å². The Morgan fingerprint density at radius 1 is 1.03 bits per heavy atom. The van der Waals surface area contributed by atoms with Gasteiger partial charge in [-0.15, -0.1) is 11.3 Å². The molecule has 0 saturated heterocycles. The lowest BCUT2D eigenvalue weighted by molar-refractivity contribution is -0.120. The van der Waals surface area contributed by atoms with E-state index in [0.29, 0.717) is 32.7 Å². The van der Waals surface area contributed by atoms with Gasteiger partial charge in [-0.2, -0.15) is 0 Å². The number of carbonyl (C=O) groups excluding carboxylic acids is 3. The fourth-order valence-electron chi connectivity index (χ4n) is 3.10. The van der Waals surface area contributed by atoms with Crippen molar-refractivity contribution in [1.82, 2.24) is 4.98 Å². The van der Waals surface area contributed by atoms with Crippen LogP contribution in [0.5, 0.6) is 0 Å². The second kappa shape index (κ2) is 8.74. The summed E-state index contributed by atoms with van der Waals surface area (Å²) in [6, 6.07) is 11.4. The van der Waals surface area contributed by atoms with Gasteiger partial charge in [-0.1, -0.05) is 29.3 Å². The Kier molecular flexibility index (Phi) is 6.01. The van der Waals surface area contributed by atoms with Gasteiger partial charge in [-0.25, -0.2) is 9.88 Å². The van der Waals surface area contributed by atoms with Crippen molar-refractivity contribution in [2.24, 2.45) is 0 Å². The monoisotopic (exact) mass is 486 g/mol. The Balaban J connectivity index is 1.51. The molecule has 0 spiro atoms. The molecule has 10 heteroatoms. The van der Waals surface area contributed by atoms with Crippen molar-refractivity contribution in [3.8, 4) is 0 Å². The van der Waals surface area contributed by atoms with Gasteiger partial charge in [-0.3, -0.25) is 19.7 Å². The largest absolute Gasteiger partial charge is 0.350 e. The van der Waals surface area contributed by atoms with Crippen molar-refractivity contribution >= 4 is 68.8 Å². The van der Waals surface area contributed by atoms with Crippen LogP contribution in [0.25, 0.3) is 0 Å². The van der Waals surface area contributed by atoms with Crippen molar-refractivity contribution in [2.45, 2.75) is 13.8 Å². The topological polar surface area (TPSA) is 91.4 Å². The number of nitrogens with zero attached hydrogens (tertiary/aromatic N) is 2. The smallest absolute Gasteiger partial charge is 0.283 e. The summed E-state index contributed by atoms with van der Waals surface area (Å²) in [5, 5.41) is 8.17. The average Bonchev–Trinajstić information content (AvgIpc) is 3.27. The minimum atomic E-state index is -0.640. The summed E-state index contributed by atoms with van der Waals surface area (Å²) < 4.78 is 0. The molecule has 32 heavy (non-hydrogen) atoms. The fourth-order valence-corrected chi connectivity index (χ4v) is 4.16. The molecular weight excluding hydrogens is 471 g/mol. The predicted octanol–water partition coefficient (Wildman–Crippen LogP) is 5.10. The van der Waals surface area contributed by atoms with Crippen LogP contribution in [0.1, 0.15) is 21.6 Å². The van der Waals surface area contributed by atoms with Crippen LogP contribution in [-0.4, -0.2) is 22.7 Å². The highest BCUT2D eigenvalue weighted by molar-refractivity contribution is 7.13. The number of anilines is 3. The molecule has 0 unspecified atom stereocenters. The lowest BCUT2D eigenvalue weighted by Crippen LogP contribution is -2.32. The van der Waals surface area contributed by atoms with E-state index in [2.05, 4.69) is 15.6 Å². The summed E-state index contributed by atoms with van der Waals surface area (Å²) in [5.41, 5.74) is 2.64. The minimum absolute atomic E-state index is 0.0495. The summed E-state index contributed by atoms with van der Waals surface area (Å²) in [6.45, 7) is 3.56. The maximum absolute atomic E-state index is 13.0. The number of amides is 3. The molecule has 1 aliphatic heterocycles. The first-order valence-corrected chi connectivity index (χ1v) is 11.0. The molecule has 2 aromatic carbocycles. The van der Waals surface area contributed by atoms with Gasteiger partial charge in [0.15, 0.2) is 5.13 Å². The van der Waals surface area contributed by atoms with Crippen LogP contribution in [0.3, 0.4) is 0 Å². The molecule has 0 radical (unpaired) electrons. The van der Waals surface area contributed by atoms with Crippen LogP contribution in [0, 0.1) is 13.8 Å². The molecule has 2 N–H and O–H groups in total. The Bertz CT molecular complexity index is 1280. The SMILES string of the molecule is Cc1csc(NC(=O)c2ccc(NC3=C(Cl)C(=O)N(c4cccc(Cl)c4C)C3=O)cc2)n1. The predicted molar refractivity (Wildman–Crippen MR) is 126 cm³/mol. The zero-order chi connectivity index (χ0) is 23.0. The van der Waals surface area contributed by atoms with E-state index in [0.717, 1.165) is 10.6 Å². The van der Waals surface area contributed by atoms with Gasteiger partial charge in [-0.05, 0) is 55.8 Å². The highest BCUT2D eigenvalue weighted by Crippen LogP contribution is 2.34. The maximum Gasteiger partial charge on any atom is 0.283 e. The zero-order valence-corrected chi connectivity index (χ0v) is 19.2. The van der Waals surface area contributed by atoms with E-state index in [1.165, 1.54) is 11.3 Å². The molecule has 3 amide bonds.